The Balaban J connectivity index is 2.04. The van der Waals surface area contributed by atoms with Gasteiger partial charge in [0.2, 0.25) is 0 Å². The number of ketones is 1. The van der Waals surface area contributed by atoms with Gasteiger partial charge in [-0.05, 0) is 36.1 Å². The van der Waals surface area contributed by atoms with Crippen LogP contribution < -0.4 is 0 Å². The molecule has 1 N–H and O–H groups in total. The molecule has 118 valence electrons. The zero-order valence-electron chi connectivity index (χ0n) is 13.0. The van der Waals surface area contributed by atoms with Gasteiger partial charge in [0, 0.05) is 17.4 Å². The van der Waals surface area contributed by atoms with E-state index in [1.165, 1.54) is 12.1 Å². The fourth-order valence-corrected chi connectivity index (χ4v) is 3.51. The topological polar surface area (TPSA) is 84.9 Å². The van der Waals surface area contributed by atoms with Crippen LogP contribution in [0.15, 0.2) is 48.5 Å². The van der Waals surface area contributed by atoms with Gasteiger partial charge in [0.25, 0.3) is 0 Å². The summed E-state index contributed by atoms with van der Waals surface area (Å²) in [7, 11) is 0. The smallest absolute Gasteiger partial charge is 0.166 e. The van der Waals surface area contributed by atoms with Gasteiger partial charge in [0.05, 0.1) is 12.1 Å². The maximum atomic E-state index is 13.0. The van der Waals surface area contributed by atoms with Crippen LogP contribution in [0.25, 0.3) is 0 Å². The van der Waals surface area contributed by atoms with E-state index in [-0.39, 0.29) is 11.5 Å². The Morgan fingerprint density at radius 2 is 1.71 bits per heavy atom. The summed E-state index contributed by atoms with van der Waals surface area (Å²) in [6.45, 7) is 0. The number of aryl methyl sites for hydroxylation is 1. The number of Topliss-reactive ketones (excluding diaryl/α,β-unsaturated/α-hetero) is 1. The van der Waals surface area contributed by atoms with Crippen molar-refractivity contribution >= 4 is 5.78 Å². The quantitative estimate of drug-likeness (QED) is 0.937. The lowest BCUT2D eigenvalue weighted by atomic mass is 9.69. The summed E-state index contributed by atoms with van der Waals surface area (Å²) in [6.07, 6.45) is 1.37. The van der Waals surface area contributed by atoms with E-state index < -0.39 is 17.8 Å². The molecule has 0 saturated carbocycles. The first-order valence-electron chi connectivity index (χ1n) is 7.86. The summed E-state index contributed by atoms with van der Waals surface area (Å²) >= 11 is 0. The van der Waals surface area contributed by atoms with Gasteiger partial charge >= 0.3 is 0 Å². The molecule has 4 heteroatoms. The Labute approximate surface area is 140 Å². The van der Waals surface area contributed by atoms with Crippen molar-refractivity contribution in [2.75, 3.05) is 0 Å². The Bertz CT molecular complexity index is 829. The average Bonchev–Trinajstić information content (AvgIpc) is 2.62. The molecule has 0 spiro atoms. The van der Waals surface area contributed by atoms with Crippen LogP contribution in [0, 0.1) is 34.5 Å². The SMILES string of the molecule is N#CC(C#N)C(c1ccc(O)cc1)C1CCc2ccccc2C1=O. The Hall–Kier alpha value is -3.11. The first kappa shape index (κ1) is 15.8. The molecule has 2 aromatic rings. The lowest BCUT2D eigenvalue weighted by molar-refractivity contribution is 0.0872. The van der Waals surface area contributed by atoms with E-state index in [1.807, 2.05) is 36.4 Å². The molecule has 2 aromatic carbocycles. The third-order valence-corrected chi connectivity index (χ3v) is 4.69. The molecule has 2 atom stereocenters. The normalized spacial score (nSPS) is 17.6. The van der Waals surface area contributed by atoms with Crippen molar-refractivity contribution in [3.05, 3.63) is 65.2 Å². The molecule has 4 nitrogen and oxygen atoms in total. The second-order valence-electron chi connectivity index (χ2n) is 6.02. The number of hydrogen-bond donors (Lipinski definition) is 1. The summed E-state index contributed by atoms with van der Waals surface area (Å²) in [5.74, 6) is -1.71. The number of aromatic hydroxyl groups is 1. The molecule has 24 heavy (non-hydrogen) atoms. The van der Waals surface area contributed by atoms with Crippen LogP contribution >= 0.6 is 0 Å². The summed E-state index contributed by atoms with van der Waals surface area (Å²) in [5, 5.41) is 28.3. The number of benzene rings is 2. The van der Waals surface area contributed by atoms with Gasteiger partial charge in [-0.15, -0.1) is 0 Å². The van der Waals surface area contributed by atoms with Crippen molar-refractivity contribution in [3.63, 3.8) is 0 Å². The molecular formula is C20H16N2O2. The average molecular weight is 316 g/mol. The number of phenolic OH excluding ortho intramolecular Hbond substituents is 1. The number of fused-ring (bicyclic) bond motifs is 1. The number of hydrogen-bond acceptors (Lipinski definition) is 4. The predicted octanol–water partition coefficient (Wildman–Crippen LogP) is 3.58. The number of carbonyl (C=O) groups is 1. The van der Waals surface area contributed by atoms with E-state index in [0.717, 1.165) is 17.5 Å². The number of rotatable bonds is 3. The van der Waals surface area contributed by atoms with Crippen LogP contribution in [-0.2, 0) is 6.42 Å². The lowest BCUT2D eigenvalue weighted by Crippen LogP contribution is -2.31. The van der Waals surface area contributed by atoms with E-state index in [9.17, 15) is 20.4 Å². The number of nitriles is 2. The lowest BCUT2D eigenvalue weighted by Gasteiger charge is -2.31. The van der Waals surface area contributed by atoms with Crippen LogP contribution in [0.5, 0.6) is 5.75 Å². The minimum atomic E-state index is -0.909. The van der Waals surface area contributed by atoms with Crippen LogP contribution in [-0.4, -0.2) is 10.9 Å². The van der Waals surface area contributed by atoms with Crippen LogP contribution in [0.4, 0.5) is 0 Å². The zero-order chi connectivity index (χ0) is 17.1. The molecule has 0 radical (unpaired) electrons. The van der Waals surface area contributed by atoms with Crippen molar-refractivity contribution in [1.29, 1.82) is 10.5 Å². The molecule has 0 aromatic heterocycles. The molecular weight excluding hydrogens is 300 g/mol. The molecule has 1 aliphatic carbocycles. The molecule has 0 fully saturated rings. The molecule has 0 heterocycles. The van der Waals surface area contributed by atoms with Gasteiger partial charge in [-0.3, -0.25) is 4.79 Å². The fraction of sp³-hybridized carbons (Fsp3) is 0.250. The van der Waals surface area contributed by atoms with Gasteiger partial charge < -0.3 is 5.11 Å². The van der Waals surface area contributed by atoms with Crippen molar-refractivity contribution in [2.24, 2.45) is 11.8 Å². The standard InChI is InChI=1S/C20H16N2O2/c21-11-15(12-22)19(14-5-8-16(23)9-6-14)18-10-7-13-3-1-2-4-17(13)20(18)24/h1-6,8-9,15,18-19,23H,7,10H2. The molecule has 0 bridgehead atoms. The predicted molar refractivity (Wildman–Crippen MR) is 88.1 cm³/mol. The molecule has 0 aliphatic heterocycles. The molecule has 1 aliphatic rings. The fourth-order valence-electron chi connectivity index (χ4n) is 3.51. The second kappa shape index (κ2) is 6.56. The molecule has 2 unspecified atom stereocenters. The highest BCUT2D eigenvalue weighted by Crippen LogP contribution is 2.40. The zero-order valence-corrected chi connectivity index (χ0v) is 13.0. The van der Waals surface area contributed by atoms with Crippen LogP contribution in [0.3, 0.4) is 0 Å². The van der Waals surface area contributed by atoms with Gasteiger partial charge in [0.15, 0.2) is 5.78 Å². The van der Waals surface area contributed by atoms with E-state index in [1.54, 1.807) is 12.1 Å². The van der Waals surface area contributed by atoms with Crippen molar-refractivity contribution in [2.45, 2.75) is 18.8 Å². The highest BCUT2D eigenvalue weighted by Gasteiger charge is 2.38. The van der Waals surface area contributed by atoms with E-state index in [2.05, 4.69) is 0 Å². The molecule has 0 amide bonds. The third-order valence-electron chi connectivity index (χ3n) is 4.69. The highest BCUT2D eigenvalue weighted by atomic mass is 16.3. The van der Waals surface area contributed by atoms with E-state index in [4.69, 9.17) is 0 Å². The third kappa shape index (κ3) is 2.75. The molecule has 3 rings (SSSR count). The largest absolute Gasteiger partial charge is 0.508 e. The van der Waals surface area contributed by atoms with Crippen molar-refractivity contribution < 1.29 is 9.90 Å². The monoisotopic (exact) mass is 316 g/mol. The first-order valence-corrected chi connectivity index (χ1v) is 7.86. The number of phenols is 1. The van der Waals surface area contributed by atoms with Gasteiger partial charge in [-0.2, -0.15) is 10.5 Å². The minimum Gasteiger partial charge on any atom is -0.508 e. The van der Waals surface area contributed by atoms with Crippen LogP contribution in [0.1, 0.15) is 33.8 Å². The van der Waals surface area contributed by atoms with Crippen molar-refractivity contribution in [3.8, 4) is 17.9 Å². The van der Waals surface area contributed by atoms with E-state index in [0.29, 0.717) is 12.0 Å². The maximum absolute atomic E-state index is 13.0. The minimum absolute atomic E-state index is 0.00887. The Morgan fingerprint density at radius 3 is 2.38 bits per heavy atom. The van der Waals surface area contributed by atoms with E-state index >= 15 is 0 Å². The maximum Gasteiger partial charge on any atom is 0.166 e. The van der Waals surface area contributed by atoms with Crippen molar-refractivity contribution in [1.82, 2.24) is 0 Å². The summed E-state index contributed by atoms with van der Waals surface area (Å²) < 4.78 is 0. The summed E-state index contributed by atoms with van der Waals surface area (Å²) in [6, 6.07) is 18.0. The summed E-state index contributed by atoms with van der Waals surface area (Å²) in [4.78, 5) is 13.0. The summed E-state index contributed by atoms with van der Waals surface area (Å²) in [5.41, 5.74) is 2.44. The Kier molecular flexibility index (Phi) is 4.31. The number of nitrogens with zero attached hydrogens (tertiary/aromatic N) is 2. The van der Waals surface area contributed by atoms with Gasteiger partial charge in [-0.1, -0.05) is 36.4 Å². The Morgan fingerprint density at radius 1 is 1.04 bits per heavy atom. The molecule has 0 saturated heterocycles. The van der Waals surface area contributed by atoms with Gasteiger partial charge in [-0.25, -0.2) is 0 Å². The number of carbonyl (C=O) groups excluding carboxylic acids is 1. The highest BCUT2D eigenvalue weighted by molar-refractivity contribution is 6.00. The van der Waals surface area contributed by atoms with Crippen LogP contribution in [0.2, 0.25) is 0 Å². The second-order valence-corrected chi connectivity index (χ2v) is 6.02. The van der Waals surface area contributed by atoms with Gasteiger partial charge in [0.1, 0.15) is 11.7 Å². The first-order chi connectivity index (χ1) is 11.7.